The summed E-state index contributed by atoms with van der Waals surface area (Å²) in [5.41, 5.74) is 1.17. The quantitative estimate of drug-likeness (QED) is 0.713. The number of anilines is 1. The summed E-state index contributed by atoms with van der Waals surface area (Å²) in [6, 6.07) is 5.55. The average Bonchev–Trinajstić information content (AvgIpc) is 2.76. The number of halogens is 2. The van der Waals surface area contributed by atoms with E-state index in [0.29, 0.717) is 18.4 Å². The summed E-state index contributed by atoms with van der Waals surface area (Å²) < 4.78 is 1.84. The summed E-state index contributed by atoms with van der Waals surface area (Å²) in [5.74, 6) is 1.32. The van der Waals surface area contributed by atoms with E-state index in [4.69, 9.17) is 0 Å². The zero-order valence-corrected chi connectivity index (χ0v) is 18.8. The highest BCUT2D eigenvalue weighted by Crippen LogP contribution is 2.31. The Hall–Kier alpha value is -2.16. The number of nitrogens with zero attached hydrogens (tertiary/aromatic N) is 4. The van der Waals surface area contributed by atoms with Crippen LogP contribution < -0.4 is 21.1 Å². The Bertz CT molecular complexity index is 962. The van der Waals surface area contributed by atoms with Gasteiger partial charge in [0.25, 0.3) is 11.5 Å². The molecule has 2 bridgehead atoms. The highest BCUT2D eigenvalue weighted by molar-refractivity contribution is 5.94. The van der Waals surface area contributed by atoms with Gasteiger partial charge >= 0.3 is 0 Å². The van der Waals surface area contributed by atoms with Crippen molar-refractivity contribution < 1.29 is 4.79 Å². The van der Waals surface area contributed by atoms with Gasteiger partial charge in [-0.3, -0.25) is 9.59 Å². The van der Waals surface area contributed by atoms with Crippen LogP contribution in [0.1, 0.15) is 41.2 Å². The topological polar surface area (TPSA) is 92.2 Å². The zero-order valence-electron chi connectivity index (χ0n) is 17.2. The SMILES string of the molecule is Cl.Cl.O=C(NC1CCN(c2ncccn2)CC1)c1ccc2n(c1=O)C[C@@H]1CNC[C@H]2C1. The molecule has 5 rings (SSSR count). The first-order valence-corrected chi connectivity index (χ1v) is 10.5. The highest BCUT2D eigenvalue weighted by Gasteiger charge is 2.32. The lowest BCUT2D eigenvalue weighted by Gasteiger charge is -2.37. The van der Waals surface area contributed by atoms with E-state index < -0.39 is 0 Å². The van der Waals surface area contributed by atoms with Crippen LogP contribution in [0.25, 0.3) is 0 Å². The first-order valence-electron chi connectivity index (χ1n) is 10.5. The molecule has 0 radical (unpaired) electrons. The molecule has 0 saturated carbocycles. The second-order valence-corrected chi connectivity index (χ2v) is 8.33. The minimum Gasteiger partial charge on any atom is -0.349 e. The van der Waals surface area contributed by atoms with Crippen LogP contribution in [0.4, 0.5) is 5.95 Å². The lowest BCUT2D eigenvalue weighted by molar-refractivity contribution is 0.0928. The molecular weight excluding hydrogens is 439 g/mol. The van der Waals surface area contributed by atoms with E-state index in [-0.39, 0.29) is 47.9 Å². The van der Waals surface area contributed by atoms with Crippen molar-refractivity contribution in [2.75, 3.05) is 31.1 Å². The van der Waals surface area contributed by atoms with Crippen molar-refractivity contribution in [2.45, 2.75) is 37.8 Å². The summed E-state index contributed by atoms with van der Waals surface area (Å²) in [7, 11) is 0. The second kappa shape index (κ2) is 9.97. The molecule has 2 aromatic rings. The first-order chi connectivity index (χ1) is 14.2. The van der Waals surface area contributed by atoms with Gasteiger partial charge in [-0.15, -0.1) is 24.8 Å². The van der Waals surface area contributed by atoms with Gasteiger partial charge in [-0.2, -0.15) is 0 Å². The fraction of sp³-hybridized carbons (Fsp3) is 0.524. The van der Waals surface area contributed by atoms with Gasteiger partial charge in [0.15, 0.2) is 0 Å². The first kappa shape index (κ1) is 23.5. The number of nitrogens with one attached hydrogen (secondary N) is 2. The molecule has 3 aliphatic rings. The van der Waals surface area contributed by atoms with Crippen molar-refractivity contribution in [3.05, 3.63) is 52.2 Å². The van der Waals surface area contributed by atoms with Crippen LogP contribution in [0.5, 0.6) is 0 Å². The summed E-state index contributed by atoms with van der Waals surface area (Å²) >= 11 is 0. The number of fused-ring (bicyclic) bond motifs is 4. The molecule has 0 aromatic carbocycles. The van der Waals surface area contributed by atoms with Crippen LogP contribution in [0.3, 0.4) is 0 Å². The Morgan fingerprint density at radius 2 is 1.84 bits per heavy atom. The Morgan fingerprint density at radius 1 is 1.10 bits per heavy atom. The number of carbonyl (C=O) groups excluding carboxylic acids is 1. The van der Waals surface area contributed by atoms with Crippen molar-refractivity contribution in [1.82, 2.24) is 25.2 Å². The fourth-order valence-electron chi connectivity index (χ4n) is 4.91. The molecule has 0 aliphatic carbocycles. The largest absolute Gasteiger partial charge is 0.349 e. The Labute approximate surface area is 193 Å². The third kappa shape index (κ3) is 4.71. The van der Waals surface area contributed by atoms with Crippen molar-refractivity contribution in [1.29, 1.82) is 0 Å². The van der Waals surface area contributed by atoms with Crippen LogP contribution >= 0.6 is 24.8 Å². The molecular formula is C21H28Cl2N6O2. The van der Waals surface area contributed by atoms with E-state index in [2.05, 4.69) is 25.5 Å². The maximum Gasteiger partial charge on any atom is 0.263 e. The highest BCUT2D eigenvalue weighted by atomic mass is 35.5. The molecule has 2 fully saturated rings. The number of rotatable bonds is 3. The van der Waals surface area contributed by atoms with Gasteiger partial charge in [-0.05, 0) is 49.9 Å². The maximum atomic E-state index is 13.0. The average molecular weight is 467 g/mol. The van der Waals surface area contributed by atoms with E-state index in [1.54, 1.807) is 24.5 Å². The summed E-state index contributed by atoms with van der Waals surface area (Å²) in [6.07, 6.45) is 6.23. The van der Waals surface area contributed by atoms with Gasteiger partial charge < -0.3 is 20.1 Å². The molecule has 2 aromatic heterocycles. The predicted molar refractivity (Wildman–Crippen MR) is 124 cm³/mol. The lowest BCUT2D eigenvalue weighted by atomic mass is 9.84. The summed E-state index contributed by atoms with van der Waals surface area (Å²) in [6.45, 7) is 4.13. The van der Waals surface area contributed by atoms with E-state index >= 15 is 0 Å². The monoisotopic (exact) mass is 466 g/mol. The number of piperidine rings is 2. The van der Waals surface area contributed by atoms with Gasteiger partial charge in [0, 0.05) is 56.2 Å². The number of aromatic nitrogens is 3. The molecule has 2 saturated heterocycles. The Morgan fingerprint density at radius 3 is 2.58 bits per heavy atom. The number of hydrogen-bond donors (Lipinski definition) is 2. The second-order valence-electron chi connectivity index (χ2n) is 8.33. The minimum absolute atomic E-state index is 0. The van der Waals surface area contributed by atoms with Crippen molar-refractivity contribution in [3.63, 3.8) is 0 Å². The van der Waals surface area contributed by atoms with Crippen LogP contribution in [-0.4, -0.2) is 52.7 Å². The number of carbonyl (C=O) groups is 1. The molecule has 1 amide bonds. The number of amides is 1. The van der Waals surface area contributed by atoms with Crippen LogP contribution in [0, 0.1) is 5.92 Å². The van der Waals surface area contributed by atoms with Gasteiger partial charge in [0.1, 0.15) is 5.56 Å². The maximum absolute atomic E-state index is 13.0. The molecule has 0 spiro atoms. The van der Waals surface area contributed by atoms with Crippen molar-refractivity contribution in [3.8, 4) is 0 Å². The zero-order chi connectivity index (χ0) is 19.8. The Kier molecular flexibility index (Phi) is 7.56. The van der Waals surface area contributed by atoms with Crippen molar-refractivity contribution >= 4 is 36.7 Å². The van der Waals surface area contributed by atoms with Crippen LogP contribution in [-0.2, 0) is 6.54 Å². The van der Waals surface area contributed by atoms with Crippen LogP contribution in [0.15, 0.2) is 35.4 Å². The molecule has 3 aliphatic heterocycles. The molecule has 2 N–H and O–H groups in total. The molecule has 10 heteroatoms. The molecule has 168 valence electrons. The summed E-state index contributed by atoms with van der Waals surface area (Å²) in [5, 5.41) is 6.52. The Balaban J connectivity index is 0.00000136. The molecule has 2 atom stereocenters. The molecule has 5 heterocycles. The molecule has 0 unspecified atom stereocenters. The van der Waals surface area contributed by atoms with Crippen LogP contribution in [0.2, 0.25) is 0 Å². The lowest BCUT2D eigenvalue weighted by Crippen LogP contribution is -2.48. The summed E-state index contributed by atoms with van der Waals surface area (Å²) in [4.78, 5) is 36.6. The van der Waals surface area contributed by atoms with E-state index in [9.17, 15) is 9.59 Å². The van der Waals surface area contributed by atoms with Gasteiger partial charge in [-0.1, -0.05) is 0 Å². The predicted octanol–water partition coefficient (Wildman–Crippen LogP) is 1.59. The standard InChI is InChI=1S/C21H26N6O2.2ClH/c28-19(25-16-4-8-26(9-5-16)21-23-6-1-7-24-21)17-2-3-18-15-10-14(11-22-12-15)13-27(18)20(17)29;;/h1-3,6-7,14-16,22H,4-5,8-13H2,(H,25,28);2*1H/t14-,15+;;/m0../s1. The van der Waals surface area contributed by atoms with Crippen molar-refractivity contribution in [2.24, 2.45) is 5.92 Å². The van der Waals surface area contributed by atoms with E-state index in [0.717, 1.165) is 57.1 Å². The van der Waals surface area contributed by atoms with Gasteiger partial charge in [0.2, 0.25) is 5.95 Å². The smallest absolute Gasteiger partial charge is 0.263 e. The third-order valence-corrected chi connectivity index (χ3v) is 6.42. The fourth-order valence-corrected chi connectivity index (χ4v) is 4.91. The van der Waals surface area contributed by atoms with E-state index in [1.807, 2.05) is 10.6 Å². The third-order valence-electron chi connectivity index (χ3n) is 6.42. The number of pyridine rings is 1. The number of hydrogen-bond acceptors (Lipinski definition) is 6. The molecule has 8 nitrogen and oxygen atoms in total. The van der Waals surface area contributed by atoms with E-state index in [1.165, 1.54) is 0 Å². The minimum atomic E-state index is -0.256. The van der Waals surface area contributed by atoms with Gasteiger partial charge in [-0.25, -0.2) is 9.97 Å². The van der Waals surface area contributed by atoms with Gasteiger partial charge in [0.05, 0.1) is 0 Å². The normalized spacial score (nSPS) is 22.5. The molecule has 31 heavy (non-hydrogen) atoms.